The van der Waals surface area contributed by atoms with Crippen molar-refractivity contribution in [2.45, 2.75) is 13.0 Å². The van der Waals surface area contributed by atoms with Gasteiger partial charge in [-0.05, 0) is 36.4 Å². The number of benzene rings is 1. The molecule has 0 aliphatic carbocycles. The predicted molar refractivity (Wildman–Crippen MR) is 103 cm³/mol. The summed E-state index contributed by atoms with van der Waals surface area (Å²) in [5.41, 5.74) is 1.61. The second kappa shape index (κ2) is 9.17. The van der Waals surface area contributed by atoms with E-state index in [4.69, 9.17) is 16.3 Å². The van der Waals surface area contributed by atoms with Crippen molar-refractivity contribution in [1.29, 1.82) is 0 Å². The fourth-order valence-corrected chi connectivity index (χ4v) is 2.99. The molecule has 2 aromatic heterocycles. The van der Waals surface area contributed by atoms with Crippen LogP contribution in [0.5, 0.6) is 5.75 Å². The van der Waals surface area contributed by atoms with Crippen LogP contribution in [0.25, 0.3) is 0 Å². The molecule has 3 rings (SSSR count). The first-order valence-electron chi connectivity index (χ1n) is 7.95. The Bertz CT molecular complexity index is 840. The molecule has 0 atom stereocenters. The van der Waals surface area contributed by atoms with Gasteiger partial charge in [-0.25, -0.2) is 9.78 Å². The Hall–Kier alpha value is -2.64. The van der Waals surface area contributed by atoms with Gasteiger partial charge in [0.2, 0.25) is 0 Å². The molecule has 0 aliphatic heterocycles. The lowest BCUT2D eigenvalue weighted by Gasteiger charge is -2.07. The highest BCUT2D eigenvalue weighted by Crippen LogP contribution is 2.15. The molecule has 3 aromatic rings. The van der Waals surface area contributed by atoms with Gasteiger partial charge in [0.25, 0.3) is 0 Å². The second-order valence-electron chi connectivity index (χ2n) is 5.35. The molecule has 2 N–H and O–H groups in total. The number of pyridine rings is 1. The number of thiazole rings is 1. The van der Waals surface area contributed by atoms with Crippen LogP contribution in [-0.4, -0.2) is 22.5 Å². The number of halogens is 1. The van der Waals surface area contributed by atoms with Crippen molar-refractivity contribution in [3.05, 3.63) is 69.9 Å². The van der Waals surface area contributed by atoms with E-state index >= 15 is 0 Å². The molecular weight excluding hydrogens is 372 g/mol. The van der Waals surface area contributed by atoms with E-state index < -0.39 is 0 Å². The van der Waals surface area contributed by atoms with Crippen molar-refractivity contribution in [2.75, 3.05) is 11.9 Å². The summed E-state index contributed by atoms with van der Waals surface area (Å²) in [6.07, 6.45) is 4.01. The second-order valence-corrected chi connectivity index (χ2v) is 6.73. The van der Waals surface area contributed by atoms with E-state index in [0.717, 1.165) is 10.7 Å². The summed E-state index contributed by atoms with van der Waals surface area (Å²) < 4.78 is 5.62. The molecule has 0 radical (unpaired) electrons. The first kappa shape index (κ1) is 18.2. The molecular formula is C18H17ClN4O2S. The number of aromatic nitrogens is 2. The lowest BCUT2D eigenvalue weighted by Crippen LogP contribution is -2.30. The number of hydrogen-bond acceptors (Lipinski definition) is 5. The largest absolute Gasteiger partial charge is 0.485 e. The van der Waals surface area contributed by atoms with Gasteiger partial charge in [0.1, 0.15) is 17.4 Å². The SMILES string of the molecule is O=C(NCCc1csc(COc2cccnc2)n1)Nc1ccc(Cl)cc1. The van der Waals surface area contributed by atoms with Crippen molar-refractivity contribution in [2.24, 2.45) is 0 Å². The van der Waals surface area contributed by atoms with Crippen LogP contribution in [-0.2, 0) is 13.0 Å². The Balaban J connectivity index is 1.39. The van der Waals surface area contributed by atoms with Gasteiger partial charge in [-0.1, -0.05) is 11.6 Å². The topological polar surface area (TPSA) is 76.1 Å². The number of anilines is 1. The Morgan fingerprint density at radius 1 is 1.23 bits per heavy atom. The van der Waals surface area contributed by atoms with Gasteiger partial charge < -0.3 is 15.4 Å². The van der Waals surface area contributed by atoms with Gasteiger partial charge in [-0.15, -0.1) is 11.3 Å². The first-order chi connectivity index (χ1) is 12.7. The van der Waals surface area contributed by atoms with Crippen LogP contribution in [0.3, 0.4) is 0 Å². The number of carbonyl (C=O) groups is 1. The fraction of sp³-hybridized carbons (Fsp3) is 0.167. The lowest BCUT2D eigenvalue weighted by atomic mass is 10.3. The van der Waals surface area contributed by atoms with Crippen molar-refractivity contribution >= 4 is 34.7 Å². The number of urea groups is 1. The molecule has 26 heavy (non-hydrogen) atoms. The Morgan fingerprint density at radius 3 is 2.85 bits per heavy atom. The van der Waals surface area contributed by atoms with Gasteiger partial charge in [0.05, 0.1) is 11.9 Å². The summed E-state index contributed by atoms with van der Waals surface area (Å²) in [6, 6.07) is 10.4. The maximum absolute atomic E-state index is 11.9. The maximum atomic E-state index is 11.9. The molecule has 0 aliphatic rings. The van der Waals surface area contributed by atoms with Crippen LogP contribution in [0.1, 0.15) is 10.7 Å². The number of amides is 2. The molecule has 1 aromatic carbocycles. The Morgan fingerprint density at radius 2 is 2.08 bits per heavy atom. The summed E-state index contributed by atoms with van der Waals surface area (Å²) >= 11 is 7.35. The van der Waals surface area contributed by atoms with Crippen LogP contribution in [0.15, 0.2) is 54.2 Å². The van der Waals surface area contributed by atoms with Gasteiger partial charge in [0, 0.05) is 35.3 Å². The highest BCUT2D eigenvalue weighted by molar-refractivity contribution is 7.09. The molecule has 0 fully saturated rings. The zero-order valence-electron chi connectivity index (χ0n) is 13.8. The van der Waals surface area contributed by atoms with E-state index in [2.05, 4.69) is 20.6 Å². The van der Waals surface area contributed by atoms with E-state index in [1.165, 1.54) is 11.3 Å². The highest BCUT2D eigenvalue weighted by atomic mass is 35.5. The normalized spacial score (nSPS) is 10.3. The third kappa shape index (κ3) is 5.72. The lowest BCUT2D eigenvalue weighted by molar-refractivity contribution is 0.252. The number of nitrogens with one attached hydrogen (secondary N) is 2. The van der Waals surface area contributed by atoms with Crippen molar-refractivity contribution in [3.8, 4) is 5.75 Å². The zero-order chi connectivity index (χ0) is 18.2. The maximum Gasteiger partial charge on any atom is 0.319 e. The summed E-state index contributed by atoms with van der Waals surface area (Å²) in [6.45, 7) is 0.896. The quantitative estimate of drug-likeness (QED) is 0.638. The summed E-state index contributed by atoms with van der Waals surface area (Å²) in [5, 5.41) is 9.03. The molecule has 0 unspecified atom stereocenters. The van der Waals surface area contributed by atoms with E-state index in [1.54, 1.807) is 36.7 Å². The summed E-state index contributed by atoms with van der Waals surface area (Å²) in [5.74, 6) is 0.713. The minimum atomic E-state index is -0.261. The van der Waals surface area contributed by atoms with Crippen LogP contribution in [0.2, 0.25) is 5.02 Å². The minimum absolute atomic E-state index is 0.261. The summed E-state index contributed by atoms with van der Waals surface area (Å²) in [7, 11) is 0. The molecule has 0 saturated carbocycles. The van der Waals surface area contributed by atoms with Crippen LogP contribution in [0, 0.1) is 0 Å². The van der Waals surface area contributed by atoms with E-state index in [9.17, 15) is 4.79 Å². The fourth-order valence-electron chi connectivity index (χ4n) is 2.12. The third-order valence-electron chi connectivity index (χ3n) is 3.36. The molecule has 0 saturated heterocycles. The van der Waals surface area contributed by atoms with Gasteiger partial charge in [-0.2, -0.15) is 0 Å². The Labute approximate surface area is 160 Å². The first-order valence-corrected chi connectivity index (χ1v) is 9.21. The number of hydrogen-bond donors (Lipinski definition) is 2. The number of rotatable bonds is 7. The molecule has 0 bridgehead atoms. The van der Waals surface area contributed by atoms with E-state index in [-0.39, 0.29) is 6.03 Å². The van der Waals surface area contributed by atoms with Crippen LogP contribution in [0.4, 0.5) is 10.5 Å². The average Bonchev–Trinajstić information content (AvgIpc) is 3.11. The van der Waals surface area contributed by atoms with Gasteiger partial charge in [0.15, 0.2) is 0 Å². The van der Waals surface area contributed by atoms with Crippen molar-refractivity contribution < 1.29 is 9.53 Å². The molecule has 8 heteroatoms. The van der Waals surface area contributed by atoms with E-state index in [1.807, 2.05) is 17.5 Å². The molecule has 6 nitrogen and oxygen atoms in total. The van der Waals surface area contributed by atoms with Crippen molar-refractivity contribution in [1.82, 2.24) is 15.3 Å². The van der Waals surface area contributed by atoms with Crippen molar-refractivity contribution in [3.63, 3.8) is 0 Å². The average molecular weight is 389 g/mol. The van der Waals surface area contributed by atoms with Gasteiger partial charge >= 0.3 is 6.03 Å². The molecule has 0 spiro atoms. The minimum Gasteiger partial charge on any atom is -0.485 e. The summed E-state index contributed by atoms with van der Waals surface area (Å²) in [4.78, 5) is 20.4. The van der Waals surface area contributed by atoms with Crippen LogP contribution >= 0.6 is 22.9 Å². The Kier molecular flexibility index (Phi) is 6.40. The standard InChI is InChI=1S/C18H17ClN4O2S/c19-13-3-5-14(6-4-13)23-18(24)21-9-7-15-12-26-17(22-15)11-25-16-2-1-8-20-10-16/h1-6,8,10,12H,7,9,11H2,(H2,21,23,24). The molecule has 2 heterocycles. The molecule has 2 amide bonds. The van der Waals surface area contributed by atoms with E-state index in [0.29, 0.717) is 36.0 Å². The smallest absolute Gasteiger partial charge is 0.319 e. The molecule has 134 valence electrons. The monoisotopic (exact) mass is 388 g/mol. The third-order valence-corrected chi connectivity index (χ3v) is 4.49. The number of ether oxygens (including phenoxy) is 1. The number of nitrogens with zero attached hydrogens (tertiary/aromatic N) is 2. The number of carbonyl (C=O) groups excluding carboxylic acids is 1. The predicted octanol–water partition coefficient (Wildman–Crippen LogP) is 4.13. The highest BCUT2D eigenvalue weighted by Gasteiger charge is 2.05. The van der Waals surface area contributed by atoms with Gasteiger partial charge in [-0.3, -0.25) is 4.98 Å². The van der Waals surface area contributed by atoms with Crippen LogP contribution < -0.4 is 15.4 Å². The zero-order valence-corrected chi connectivity index (χ0v) is 15.4.